The summed E-state index contributed by atoms with van der Waals surface area (Å²) in [6.45, 7) is 6.60. The molecule has 2 aromatic heterocycles. The second-order valence-electron chi connectivity index (χ2n) is 6.41. The number of hydrogen-bond donors (Lipinski definition) is 1. The number of aryl methyl sites for hydroxylation is 1. The van der Waals surface area contributed by atoms with Gasteiger partial charge in [-0.25, -0.2) is 13.2 Å². The van der Waals surface area contributed by atoms with Crippen LogP contribution in [0.2, 0.25) is 0 Å². The average Bonchev–Trinajstić information content (AvgIpc) is 3.18. The molecule has 0 saturated heterocycles. The highest BCUT2D eigenvalue weighted by Gasteiger charge is 2.30. The minimum atomic E-state index is -3.82. The van der Waals surface area contributed by atoms with Crippen LogP contribution in [0.25, 0.3) is 0 Å². The maximum Gasteiger partial charge on any atom is 0.341 e. The van der Waals surface area contributed by atoms with E-state index in [9.17, 15) is 13.2 Å². The standard InChI is InChI=1S/C17H23N3O4S2/c1-4-20-10-12(9-18-20)26(22,23)19-16-15(17(21)24-5-2)13-7-6-11(3)8-14(13)25-16/h9-11,19H,4-8H2,1-3H3. The average molecular weight is 398 g/mol. The number of carbonyl (C=O) groups excluding carboxylic acids is 1. The van der Waals surface area contributed by atoms with Crippen molar-refractivity contribution >= 4 is 32.3 Å². The van der Waals surface area contributed by atoms with E-state index in [1.807, 2.05) is 6.92 Å². The van der Waals surface area contributed by atoms with Crippen molar-refractivity contribution in [2.75, 3.05) is 11.3 Å². The number of fused-ring (bicyclic) bond motifs is 1. The molecule has 142 valence electrons. The second kappa shape index (κ2) is 7.40. The van der Waals surface area contributed by atoms with Crippen molar-refractivity contribution in [1.29, 1.82) is 0 Å². The number of aromatic nitrogens is 2. The molecule has 1 N–H and O–H groups in total. The summed E-state index contributed by atoms with van der Waals surface area (Å²) in [7, 11) is -3.82. The molecule has 1 aliphatic rings. The molecule has 1 aliphatic carbocycles. The van der Waals surface area contributed by atoms with Gasteiger partial charge in [0, 0.05) is 17.6 Å². The SMILES string of the molecule is CCOC(=O)c1c(NS(=O)(=O)c2cnn(CC)c2)sc2c1CCC(C)C2. The maximum absolute atomic E-state index is 12.7. The van der Waals surface area contributed by atoms with Crippen LogP contribution >= 0.6 is 11.3 Å². The Hall–Kier alpha value is -1.87. The summed E-state index contributed by atoms with van der Waals surface area (Å²) >= 11 is 1.34. The van der Waals surface area contributed by atoms with Gasteiger partial charge in [0.05, 0.1) is 18.4 Å². The Morgan fingerprint density at radius 2 is 2.23 bits per heavy atom. The number of hydrogen-bond acceptors (Lipinski definition) is 6. The summed E-state index contributed by atoms with van der Waals surface area (Å²) in [5.74, 6) is 0.0462. The van der Waals surface area contributed by atoms with Crippen molar-refractivity contribution in [3.8, 4) is 0 Å². The van der Waals surface area contributed by atoms with Crippen molar-refractivity contribution < 1.29 is 17.9 Å². The Labute approximate surface area is 157 Å². The molecule has 2 heterocycles. The van der Waals surface area contributed by atoms with Crippen LogP contribution in [-0.2, 0) is 34.1 Å². The lowest BCUT2D eigenvalue weighted by Crippen LogP contribution is -2.17. The lowest BCUT2D eigenvalue weighted by Gasteiger charge is -2.18. The molecule has 9 heteroatoms. The van der Waals surface area contributed by atoms with Gasteiger partial charge in [-0.3, -0.25) is 9.40 Å². The number of carbonyl (C=O) groups is 1. The molecule has 0 amide bonds. The predicted octanol–water partition coefficient (Wildman–Crippen LogP) is 3.07. The highest BCUT2D eigenvalue weighted by Crippen LogP contribution is 2.40. The summed E-state index contributed by atoms with van der Waals surface area (Å²) in [6.07, 6.45) is 5.37. The first-order valence-corrected chi connectivity index (χ1v) is 11.0. The van der Waals surface area contributed by atoms with Gasteiger partial charge < -0.3 is 4.74 Å². The Bertz CT molecular complexity index is 915. The molecule has 7 nitrogen and oxygen atoms in total. The van der Waals surface area contributed by atoms with Crippen LogP contribution in [0.4, 0.5) is 5.00 Å². The molecule has 0 bridgehead atoms. The Morgan fingerprint density at radius 1 is 1.46 bits per heavy atom. The van der Waals surface area contributed by atoms with E-state index < -0.39 is 16.0 Å². The zero-order valence-corrected chi connectivity index (χ0v) is 16.7. The number of nitrogens with one attached hydrogen (secondary N) is 1. The third-order valence-corrected chi connectivity index (χ3v) is 7.07. The van der Waals surface area contributed by atoms with Crippen LogP contribution in [0, 0.1) is 5.92 Å². The summed E-state index contributed by atoms with van der Waals surface area (Å²) in [6, 6.07) is 0. The highest BCUT2D eigenvalue weighted by molar-refractivity contribution is 7.93. The number of esters is 1. The molecular formula is C17H23N3O4S2. The normalized spacial score (nSPS) is 17.0. The summed E-state index contributed by atoms with van der Waals surface area (Å²) in [4.78, 5) is 13.6. The zero-order chi connectivity index (χ0) is 18.9. The van der Waals surface area contributed by atoms with E-state index in [1.165, 1.54) is 23.7 Å². The summed E-state index contributed by atoms with van der Waals surface area (Å²) in [5.41, 5.74) is 1.29. The van der Waals surface area contributed by atoms with Gasteiger partial charge >= 0.3 is 5.97 Å². The second-order valence-corrected chi connectivity index (χ2v) is 9.20. The summed E-state index contributed by atoms with van der Waals surface area (Å²) < 4.78 is 34.8. The van der Waals surface area contributed by atoms with Gasteiger partial charge in [-0.05, 0) is 44.6 Å². The van der Waals surface area contributed by atoms with E-state index in [2.05, 4.69) is 16.7 Å². The number of thiophene rings is 1. The minimum absolute atomic E-state index is 0.0777. The van der Waals surface area contributed by atoms with E-state index in [-0.39, 0.29) is 11.5 Å². The number of anilines is 1. The lowest BCUT2D eigenvalue weighted by molar-refractivity contribution is 0.0526. The molecule has 0 aromatic carbocycles. The molecule has 1 atom stereocenters. The first kappa shape index (κ1) is 18.9. The van der Waals surface area contributed by atoms with Crippen molar-refractivity contribution in [1.82, 2.24) is 9.78 Å². The molecule has 26 heavy (non-hydrogen) atoms. The molecule has 1 unspecified atom stereocenters. The van der Waals surface area contributed by atoms with Gasteiger partial charge in [-0.2, -0.15) is 5.10 Å². The number of nitrogens with zero attached hydrogens (tertiary/aromatic N) is 2. The van der Waals surface area contributed by atoms with Crippen molar-refractivity contribution in [3.63, 3.8) is 0 Å². The van der Waals surface area contributed by atoms with Crippen LogP contribution in [0.15, 0.2) is 17.3 Å². The van der Waals surface area contributed by atoms with Crippen LogP contribution in [0.3, 0.4) is 0 Å². The fourth-order valence-corrected chi connectivity index (χ4v) is 5.74. The first-order chi connectivity index (χ1) is 12.4. The Kier molecular flexibility index (Phi) is 5.38. The predicted molar refractivity (Wildman–Crippen MR) is 100 cm³/mol. The zero-order valence-electron chi connectivity index (χ0n) is 15.1. The highest BCUT2D eigenvalue weighted by atomic mass is 32.2. The molecule has 0 spiro atoms. The van der Waals surface area contributed by atoms with Gasteiger partial charge in [-0.15, -0.1) is 11.3 Å². The Balaban J connectivity index is 1.99. The monoisotopic (exact) mass is 397 g/mol. The van der Waals surface area contributed by atoms with Gasteiger partial charge in [0.15, 0.2) is 0 Å². The van der Waals surface area contributed by atoms with Crippen LogP contribution in [0.1, 0.15) is 48.0 Å². The number of rotatable bonds is 6. The van der Waals surface area contributed by atoms with E-state index >= 15 is 0 Å². The molecule has 0 saturated carbocycles. The molecule has 3 rings (SSSR count). The van der Waals surface area contributed by atoms with Gasteiger partial charge in [-0.1, -0.05) is 6.92 Å². The quantitative estimate of drug-likeness (QED) is 0.757. The molecule has 2 aromatic rings. The van der Waals surface area contributed by atoms with Crippen LogP contribution in [-0.4, -0.2) is 30.8 Å². The fourth-order valence-electron chi connectivity index (χ4n) is 3.08. The number of ether oxygens (including phenoxy) is 1. The van der Waals surface area contributed by atoms with E-state index in [0.717, 1.165) is 29.7 Å². The van der Waals surface area contributed by atoms with E-state index in [0.29, 0.717) is 23.0 Å². The molecular weight excluding hydrogens is 374 g/mol. The van der Waals surface area contributed by atoms with Crippen molar-refractivity contribution in [2.24, 2.45) is 5.92 Å². The first-order valence-electron chi connectivity index (χ1n) is 8.72. The van der Waals surface area contributed by atoms with Gasteiger partial charge in [0.1, 0.15) is 9.90 Å². The minimum Gasteiger partial charge on any atom is -0.462 e. The van der Waals surface area contributed by atoms with E-state index in [1.54, 1.807) is 11.6 Å². The van der Waals surface area contributed by atoms with Gasteiger partial charge in [0.2, 0.25) is 0 Å². The van der Waals surface area contributed by atoms with Crippen LogP contribution < -0.4 is 4.72 Å². The molecule has 0 radical (unpaired) electrons. The fraction of sp³-hybridized carbons (Fsp3) is 0.529. The third kappa shape index (κ3) is 3.64. The molecule has 0 aliphatic heterocycles. The number of sulfonamides is 1. The van der Waals surface area contributed by atoms with Crippen molar-refractivity contribution in [2.45, 2.75) is 51.5 Å². The summed E-state index contributed by atoms with van der Waals surface area (Å²) in [5, 5.41) is 4.35. The van der Waals surface area contributed by atoms with Crippen LogP contribution in [0.5, 0.6) is 0 Å². The lowest BCUT2D eigenvalue weighted by atomic mass is 9.88. The third-order valence-electron chi connectivity index (χ3n) is 4.46. The smallest absolute Gasteiger partial charge is 0.341 e. The van der Waals surface area contributed by atoms with Crippen molar-refractivity contribution in [3.05, 3.63) is 28.4 Å². The Morgan fingerprint density at radius 3 is 2.88 bits per heavy atom. The maximum atomic E-state index is 12.7. The van der Waals surface area contributed by atoms with E-state index in [4.69, 9.17) is 4.74 Å². The topological polar surface area (TPSA) is 90.3 Å². The molecule has 0 fully saturated rings. The largest absolute Gasteiger partial charge is 0.462 e. The van der Waals surface area contributed by atoms with Gasteiger partial charge in [0.25, 0.3) is 10.0 Å².